The summed E-state index contributed by atoms with van der Waals surface area (Å²) < 4.78 is 10.9. The van der Waals surface area contributed by atoms with E-state index in [0.29, 0.717) is 6.04 Å². The van der Waals surface area contributed by atoms with Gasteiger partial charge >= 0.3 is 0 Å². The summed E-state index contributed by atoms with van der Waals surface area (Å²) in [5, 5.41) is 0. The topological polar surface area (TPSA) is 21.7 Å². The molecule has 0 bridgehead atoms. The minimum absolute atomic E-state index is 0.343. The number of likely N-dealkylation sites (N-methyl/N-ethyl adjacent to an activating group) is 1. The van der Waals surface area contributed by atoms with Gasteiger partial charge in [0.05, 0.1) is 13.7 Å². The molecule has 0 spiro atoms. The molecule has 1 unspecified atom stereocenters. The van der Waals surface area contributed by atoms with E-state index in [1.165, 1.54) is 22.3 Å². The Kier molecular flexibility index (Phi) is 9.26. The average Bonchev–Trinajstić information content (AvgIpc) is 2.72. The second-order valence-corrected chi connectivity index (χ2v) is 7.38. The summed E-state index contributed by atoms with van der Waals surface area (Å²) in [6.07, 6.45) is 1.96. The number of hydrogen-bond donors (Lipinski definition) is 0. The number of benzene rings is 2. The molecule has 0 heterocycles. The van der Waals surface area contributed by atoms with Gasteiger partial charge in [-0.2, -0.15) is 0 Å². The van der Waals surface area contributed by atoms with E-state index in [2.05, 4.69) is 68.3 Å². The van der Waals surface area contributed by atoms with E-state index in [9.17, 15) is 0 Å². The zero-order valence-corrected chi connectivity index (χ0v) is 18.1. The van der Waals surface area contributed by atoms with E-state index < -0.39 is 0 Å². The maximum atomic E-state index is 5.57. The Hall–Kier alpha value is -2.10. The van der Waals surface area contributed by atoms with Crippen LogP contribution in [-0.2, 0) is 17.7 Å². The van der Waals surface area contributed by atoms with Crippen molar-refractivity contribution in [3.63, 3.8) is 0 Å². The molecule has 0 aliphatic heterocycles. The van der Waals surface area contributed by atoms with Gasteiger partial charge in [0, 0.05) is 19.2 Å². The van der Waals surface area contributed by atoms with Crippen molar-refractivity contribution in [2.75, 3.05) is 27.4 Å². The van der Waals surface area contributed by atoms with E-state index in [1.54, 1.807) is 7.11 Å². The quantitative estimate of drug-likeness (QED) is 0.379. The summed E-state index contributed by atoms with van der Waals surface area (Å²) in [4.78, 5) is 2.46. The summed E-state index contributed by atoms with van der Waals surface area (Å²) in [5.41, 5.74) is 5.52. The van der Waals surface area contributed by atoms with Crippen molar-refractivity contribution in [1.29, 1.82) is 0 Å². The number of nitrogens with zero attached hydrogens (tertiary/aromatic N) is 1. The smallest absolute Gasteiger partial charge is 0.118 e. The lowest BCUT2D eigenvalue weighted by Gasteiger charge is -2.31. The zero-order valence-electron chi connectivity index (χ0n) is 18.1. The van der Waals surface area contributed by atoms with Crippen LogP contribution in [0.2, 0.25) is 0 Å². The fourth-order valence-corrected chi connectivity index (χ4v) is 3.46. The first-order valence-corrected chi connectivity index (χ1v) is 10.2. The molecule has 0 amide bonds. The molecule has 3 heteroatoms. The highest BCUT2D eigenvalue weighted by Gasteiger charge is 2.19. The van der Waals surface area contributed by atoms with Gasteiger partial charge in [0.15, 0.2) is 0 Å². The van der Waals surface area contributed by atoms with Crippen LogP contribution in [-0.4, -0.2) is 38.3 Å². The lowest BCUT2D eigenvalue weighted by Crippen LogP contribution is -2.34. The van der Waals surface area contributed by atoms with Crippen LogP contribution in [0.5, 0.6) is 5.75 Å². The van der Waals surface area contributed by atoms with Crippen LogP contribution in [0.3, 0.4) is 0 Å². The largest absolute Gasteiger partial charge is 0.497 e. The molecule has 1 atom stereocenters. The zero-order chi connectivity index (χ0) is 20.4. The highest BCUT2D eigenvalue weighted by Crippen LogP contribution is 2.23. The molecule has 152 valence electrons. The van der Waals surface area contributed by atoms with Gasteiger partial charge in [-0.3, -0.25) is 4.90 Å². The van der Waals surface area contributed by atoms with Crippen LogP contribution in [0, 0.1) is 0 Å². The molecule has 0 aliphatic rings. The molecule has 28 heavy (non-hydrogen) atoms. The Morgan fingerprint density at radius 1 is 0.964 bits per heavy atom. The van der Waals surface area contributed by atoms with Crippen LogP contribution < -0.4 is 4.74 Å². The van der Waals surface area contributed by atoms with Crippen LogP contribution >= 0.6 is 0 Å². The number of methoxy groups -OCH3 is 1. The van der Waals surface area contributed by atoms with Crippen molar-refractivity contribution in [1.82, 2.24) is 4.90 Å². The van der Waals surface area contributed by atoms with Crippen molar-refractivity contribution in [3.05, 3.63) is 76.9 Å². The molecule has 0 fully saturated rings. The minimum Gasteiger partial charge on any atom is -0.497 e. The lowest BCUT2D eigenvalue weighted by molar-refractivity contribution is 0.150. The molecular weight excluding hydrogens is 346 g/mol. The molecule has 0 aromatic heterocycles. The summed E-state index contributed by atoms with van der Waals surface area (Å²) in [6.45, 7) is 9.05. The van der Waals surface area contributed by atoms with Crippen LogP contribution in [0.1, 0.15) is 38.3 Å². The molecule has 2 aromatic carbocycles. The third-order valence-corrected chi connectivity index (χ3v) is 5.39. The van der Waals surface area contributed by atoms with Gasteiger partial charge in [0.2, 0.25) is 0 Å². The highest BCUT2D eigenvalue weighted by molar-refractivity contribution is 5.30. The van der Waals surface area contributed by atoms with Crippen LogP contribution in [0.15, 0.2) is 65.7 Å². The summed E-state index contributed by atoms with van der Waals surface area (Å²) in [7, 11) is 3.93. The van der Waals surface area contributed by atoms with E-state index in [4.69, 9.17) is 9.47 Å². The van der Waals surface area contributed by atoms with E-state index in [1.807, 2.05) is 19.1 Å². The van der Waals surface area contributed by atoms with Crippen molar-refractivity contribution in [3.8, 4) is 5.75 Å². The molecule has 2 aromatic rings. The van der Waals surface area contributed by atoms with Gasteiger partial charge in [-0.05, 0) is 63.9 Å². The second kappa shape index (κ2) is 11.7. The molecule has 0 N–H and O–H groups in total. The fraction of sp³-hybridized carbons (Fsp3) is 0.440. The monoisotopic (exact) mass is 381 g/mol. The van der Waals surface area contributed by atoms with Crippen LogP contribution in [0.25, 0.3) is 0 Å². The standard InChI is InChI=1S/C25H35NO2/c1-6-28-17-16-20(2)21(3)25(18-22-12-14-24(27-5)15-13-22)26(4)19-23-10-8-7-9-11-23/h7-15,25H,6,16-19H2,1-5H3. The predicted molar refractivity (Wildman–Crippen MR) is 118 cm³/mol. The summed E-state index contributed by atoms with van der Waals surface area (Å²) >= 11 is 0. The number of ether oxygens (including phenoxy) is 2. The van der Waals surface area contributed by atoms with E-state index in [0.717, 1.165) is 38.3 Å². The van der Waals surface area contributed by atoms with Gasteiger partial charge < -0.3 is 9.47 Å². The van der Waals surface area contributed by atoms with Gasteiger partial charge in [0.1, 0.15) is 5.75 Å². The van der Waals surface area contributed by atoms with E-state index in [-0.39, 0.29) is 0 Å². The first-order valence-electron chi connectivity index (χ1n) is 10.2. The Morgan fingerprint density at radius 2 is 1.64 bits per heavy atom. The Morgan fingerprint density at radius 3 is 2.25 bits per heavy atom. The maximum absolute atomic E-state index is 5.57. The van der Waals surface area contributed by atoms with E-state index >= 15 is 0 Å². The molecule has 0 radical (unpaired) electrons. The van der Waals surface area contributed by atoms with Crippen molar-refractivity contribution >= 4 is 0 Å². The Bertz CT molecular complexity index is 722. The van der Waals surface area contributed by atoms with Crippen molar-refractivity contribution in [2.24, 2.45) is 0 Å². The Labute approximate surface area is 171 Å². The third kappa shape index (κ3) is 6.81. The number of hydrogen-bond acceptors (Lipinski definition) is 3. The highest BCUT2D eigenvalue weighted by atomic mass is 16.5. The van der Waals surface area contributed by atoms with Gasteiger partial charge in [0.25, 0.3) is 0 Å². The van der Waals surface area contributed by atoms with Gasteiger partial charge in [-0.1, -0.05) is 53.6 Å². The molecular formula is C25H35NO2. The van der Waals surface area contributed by atoms with Gasteiger partial charge in [-0.25, -0.2) is 0 Å². The lowest BCUT2D eigenvalue weighted by atomic mass is 9.93. The average molecular weight is 382 g/mol. The normalized spacial score (nSPS) is 13.4. The number of rotatable bonds is 11. The molecule has 0 saturated heterocycles. The van der Waals surface area contributed by atoms with Crippen molar-refractivity contribution in [2.45, 2.75) is 46.2 Å². The SMILES string of the molecule is CCOCCC(C)=C(C)C(Cc1ccc(OC)cc1)N(C)Cc1ccccc1. The van der Waals surface area contributed by atoms with Gasteiger partial charge in [-0.15, -0.1) is 0 Å². The second-order valence-electron chi connectivity index (χ2n) is 7.38. The molecule has 0 saturated carbocycles. The van der Waals surface area contributed by atoms with Crippen molar-refractivity contribution < 1.29 is 9.47 Å². The molecule has 2 rings (SSSR count). The first kappa shape index (κ1) is 22.2. The first-order chi connectivity index (χ1) is 13.5. The summed E-state index contributed by atoms with van der Waals surface area (Å²) in [6, 6.07) is 19.5. The molecule has 3 nitrogen and oxygen atoms in total. The summed E-state index contributed by atoms with van der Waals surface area (Å²) in [5.74, 6) is 0.901. The van der Waals surface area contributed by atoms with Crippen LogP contribution in [0.4, 0.5) is 0 Å². The third-order valence-electron chi connectivity index (χ3n) is 5.39. The molecule has 0 aliphatic carbocycles. The Balaban J connectivity index is 2.21. The predicted octanol–water partition coefficient (Wildman–Crippen LogP) is 5.50. The maximum Gasteiger partial charge on any atom is 0.118 e. The minimum atomic E-state index is 0.343. The fourth-order valence-electron chi connectivity index (χ4n) is 3.46.